The molecule has 1 atom stereocenters. The van der Waals surface area contributed by atoms with Gasteiger partial charge >= 0.3 is 0 Å². The number of carbonyl (C=O) groups excluding carboxylic acids is 1. The van der Waals surface area contributed by atoms with Crippen molar-refractivity contribution in [1.29, 1.82) is 0 Å². The molecular formula is C20H31ClN6O. The van der Waals surface area contributed by atoms with E-state index in [2.05, 4.69) is 22.0 Å². The molecule has 7 nitrogen and oxygen atoms in total. The summed E-state index contributed by atoms with van der Waals surface area (Å²) in [4.78, 5) is 23.8. The van der Waals surface area contributed by atoms with Crippen LogP contribution in [-0.4, -0.2) is 49.7 Å². The van der Waals surface area contributed by atoms with Gasteiger partial charge in [-0.1, -0.05) is 0 Å². The third-order valence-corrected chi connectivity index (χ3v) is 5.56. The van der Waals surface area contributed by atoms with Gasteiger partial charge in [-0.3, -0.25) is 4.79 Å². The van der Waals surface area contributed by atoms with Crippen molar-refractivity contribution in [2.24, 2.45) is 11.7 Å². The first-order chi connectivity index (χ1) is 12.8. The van der Waals surface area contributed by atoms with Gasteiger partial charge in [-0.05, 0) is 59.4 Å². The summed E-state index contributed by atoms with van der Waals surface area (Å²) in [5.74, 6) is 1.23. The largest absolute Gasteiger partial charge is 0.342 e. The van der Waals surface area contributed by atoms with E-state index in [1.54, 1.807) is 4.68 Å². The number of hydrogen-bond donors (Lipinski definition) is 1. The Kier molecular flexibility index (Phi) is 7.17. The molecule has 8 heteroatoms. The van der Waals surface area contributed by atoms with Crippen LogP contribution < -0.4 is 5.73 Å². The summed E-state index contributed by atoms with van der Waals surface area (Å²) in [7, 11) is 0. The Morgan fingerprint density at radius 2 is 1.75 bits per heavy atom. The summed E-state index contributed by atoms with van der Waals surface area (Å²) >= 11 is 0. The first-order valence-corrected chi connectivity index (χ1v) is 9.67. The Morgan fingerprint density at radius 3 is 2.29 bits per heavy atom. The minimum atomic E-state index is 0. The molecule has 0 bridgehead atoms. The summed E-state index contributed by atoms with van der Waals surface area (Å²) in [6.07, 6.45) is 2.33. The highest BCUT2D eigenvalue weighted by molar-refractivity contribution is 5.85. The van der Waals surface area contributed by atoms with E-state index in [1.807, 2.05) is 38.7 Å². The van der Waals surface area contributed by atoms with E-state index < -0.39 is 0 Å². The summed E-state index contributed by atoms with van der Waals surface area (Å²) < 4.78 is 1.75. The van der Waals surface area contributed by atoms with E-state index in [0.717, 1.165) is 54.3 Å². The van der Waals surface area contributed by atoms with Gasteiger partial charge in [0.25, 0.3) is 5.95 Å². The molecular weight excluding hydrogens is 376 g/mol. The van der Waals surface area contributed by atoms with E-state index in [9.17, 15) is 4.79 Å². The molecule has 1 unspecified atom stereocenters. The first-order valence-electron chi connectivity index (χ1n) is 9.67. The van der Waals surface area contributed by atoms with Crippen molar-refractivity contribution in [3.63, 3.8) is 0 Å². The highest BCUT2D eigenvalue weighted by Gasteiger charge is 2.26. The lowest BCUT2D eigenvalue weighted by atomic mass is 9.90. The van der Waals surface area contributed by atoms with Crippen LogP contribution in [-0.2, 0) is 11.2 Å². The van der Waals surface area contributed by atoms with E-state index >= 15 is 0 Å². The highest BCUT2D eigenvalue weighted by atomic mass is 35.5. The third-order valence-electron chi connectivity index (χ3n) is 5.56. The number of rotatable bonds is 4. The molecule has 1 aliphatic heterocycles. The molecule has 3 rings (SSSR count). The molecule has 0 aliphatic carbocycles. The van der Waals surface area contributed by atoms with Gasteiger partial charge in [-0.15, -0.1) is 12.4 Å². The van der Waals surface area contributed by atoms with Crippen molar-refractivity contribution in [3.8, 4) is 5.95 Å². The highest BCUT2D eigenvalue weighted by Crippen LogP contribution is 2.22. The Bertz CT molecular complexity index is 819. The van der Waals surface area contributed by atoms with Gasteiger partial charge < -0.3 is 10.6 Å². The third kappa shape index (κ3) is 4.70. The van der Waals surface area contributed by atoms with Crippen LogP contribution in [0.25, 0.3) is 5.95 Å². The molecule has 0 aromatic carbocycles. The first kappa shape index (κ1) is 22.3. The molecule has 3 heterocycles. The van der Waals surface area contributed by atoms with Gasteiger partial charge in [-0.25, -0.2) is 14.6 Å². The SMILES string of the molecule is Cc1cc(C)nc(-n2nc(C)c(CC(=O)N3CCC(C(C)N)CC3)c2C)n1.Cl. The van der Waals surface area contributed by atoms with Crippen LogP contribution in [0.4, 0.5) is 0 Å². The maximum Gasteiger partial charge on any atom is 0.251 e. The normalized spacial score (nSPS) is 16.0. The van der Waals surface area contributed by atoms with Crippen LogP contribution in [0.15, 0.2) is 6.07 Å². The molecule has 2 aromatic rings. The molecule has 2 aromatic heterocycles. The van der Waals surface area contributed by atoms with Crippen LogP contribution in [0.5, 0.6) is 0 Å². The van der Waals surface area contributed by atoms with E-state index in [0.29, 0.717) is 18.3 Å². The van der Waals surface area contributed by atoms with Crippen LogP contribution in [0, 0.1) is 33.6 Å². The van der Waals surface area contributed by atoms with Crippen LogP contribution in [0.2, 0.25) is 0 Å². The minimum Gasteiger partial charge on any atom is -0.342 e. The average molecular weight is 407 g/mol. The number of carbonyl (C=O) groups is 1. The number of aromatic nitrogens is 4. The van der Waals surface area contributed by atoms with Crippen molar-refractivity contribution in [2.45, 2.75) is 59.9 Å². The molecule has 28 heavy (non-hydrogen) atoms. The summed E-state index contributed by atoms with van der Waals surface area (Å²) in [5, 5.41) is 4.60. The van der Waals surface area contributed by atoms with Gasteiger partial charge in [0, 0.05) is 41.8 Å². The van der Waals surface area contributed by atoms with Crippen LogP contribution in [0.1, 0.15) is 48.1 Å². The predicted octanol–water partition coefficient (Wildman–Crippen LogP) is 2.45. The number of aryl methyl sites for hydroxylation is 3. The van der Waals surface area contributed by atoms with Crippen molar-refractivity contribution in [1.82, 2.24) is 24.6 Å². The fourth-order valence-corrected chi connectivity index (χ4v) is 3.87. The molecule has 0 spiro atoms. The zero-order valence-electron chi connectivity index (χ0n) is 17.4. The second kappa shape index (κ2) is 9.01. The topological polar surface area (TPSA) is 89.9 Å². The average Bonchev–Trinajstić information content (AvgIpc) is 2.89. The predicted molar refractivity (Wildman–Crippen MR) is 112 cm³/mol. The molecule has 0 radical (unpaired) electrons. The van der Waals surface area contributed by atoms with Crippen molar-refractivity contribution < 1.29 is 4.79 Å². The van der Waals surface area contributed by atoms with Gasteiger partial charge in [0.15, 0.2) is 0 Å². The lowest BCUT2D eigenvalue weighted by molar-refractivity contribution is -0.131. The number of halogens is 1. The number of amides is 1. The lowest BCUT2D eigenvalue weighted by Crippen LogP contribution is -2.43. The summed E-state index contributed by atoms with van der Waals surface area (Å²) in [6.45, 7) is 11.4. The number of hydrogen-bond acceptors (Lipinski definition) is 5. The van der Waals surface area contributed by atoms with Crippen LogP contribution in [0.3, 0.4) is 0 Å². The maximum atomic E-state index is 12.8. The Morgan fingerprint density at radius 1 is 1.18 bits per heavy atom. The monoisotopic (exact) mass is 406 g/mol. The molecule has 1 fully saturated rings. The Balaban J connectivity index is 0.00000280. The maximum absolute atomic E-state index is 12.8. The van der Waals surface area contributed by atoms with Gasteiger partial charge in [0.05, 0.1) is 12.1 Å². The Labute approximate surface area is 173 Å². The zero-order valence-corrected chi connectivity index (χ0v) is 18.2. The van der Waals surface area contributed by atoms with Gasteiger partial charge in [0.1, 0.15) is 0 Å². The zero-order chi connectivity index (χ0) is 19.7. The second-order valence-corrected chi connectivity index (χ2v) is 7.77. The molecule has 1 amide bonds. The molecule has 154 valence electrons. The molecule has 2 N–H and O–H groups in total. The van der Waals surface area contributed by atoms with Crippen molar-refractivity contribution >= 4 is 18.3 Å². The fourth-order valence-electron chi connectivity index (χ4n) is 3.87. The standard InChI is InChI=1S/C20H30N6O.ClH/c1-12-10-13(2)23-20(22-12)26-16(5)18(15(4)24-26)11-19(27)25-8-6-17(7-9-25)14(3)21;/h10,14,17H,6-9,11,21H2,1-5H3;1H. The molecule has 1 aliphatic rings. The Hall–Kier alpha value is -1.99. The summed E-state index contributed by atoms with van der Waals surface area (Å²) in [5.41, 5.74) is 10.6. The van der Waals surface area contributed by atoms with Gasteiger partial charge in [-0.2, -0.15) is 5.10 Å². The van der Waals surface area contributed by atoms with E-state index in [-0.39, 0.29) is 24.4 Å². The smallest absolute Gasteiger partial charge is 0.251 e. The second-order valence-electron chi connectivity index (χ2n) is 7.77. The van der Waals surface area contributed by atoms with Gasteiger partial charge in [0.2, 0.25) is 5.91 Å². The lowest BCUT2D eigenvalue weighted by Gasteiger charge is -2.33. The van der Waals surface area contributed by atoms with E-state index in [1.165, 1.54) is 0 Å². The number of piperidine rings is 1. The number of nitrogens with two attached hydrogens (primary N) is 1. The number of nitrogens with zero attached hydrogens (tertiary/aromatic N) is 5. The summed E-state index contributed by atoms with van der Waals surface area (Å²) in [6, 6.07) is 2.13. The van der Waals surface area contributed by atoms with Crippen molar-refractivity contribution in [3.05, 3.63) is 34.4 Å². The molecule has 1 saturated heterocycles. The molecule has 0 saturated carbocycles. The van der Waals surface area contributed by atoms with Crippen molar-refractivity contribution in [2.75, 3.05) is 13.1 Å². The minimum absolute atomic E-state index is 0. The van der Waals surface area contributed by atoms with E-state index in [4.69, 9.17) is 5.73 Å². The fraction of sp³-hybridized carbons (Fsp3) is 0.600. The van der Waals surface area contributed by atoms with Crippen LogP contribution >= 0.6 is 12.4 Å². The number of likely N-dealkylation sites (tertiary alicyclic amines) is 1. The quantitative estimate of drug-likeness (QED) is 0.842.